The van der Waals surface area contributed by atoms with Crippen LogP contribution in [0.2, 0.25) is 5.02 Å². The van der Waals surface area contributed by atoms with Gasteiger partial charge < -0.3 is 5.32 Å². The summed E-state index contributed by atoms with van der Waals surface area (Å²) in [7, 11) is 0. The molecule has 1 heterocycles. The molecular weight excluding hydrogens is 336 g/mol. The molecule has 0 radical (unpaired) electrons. The van der Waals surface area contributed by atoms with Crippen LogP contribution in [0.3, 0.4) is 0 Å². The lowest BCUT2D eigenvalue weighted by Crippen LogP contribution is -2.54. The molecule has 0 aliphatic carbocycles. The van der Waals surface area contributed by atoms with Crippen molar-refractivity contribution in [3.05, 3.63) is 34.9 Å². The fourth-order valence-electron chi connectivity index (χ4n) is 2.83. The Morgan fingerprint density at radius 1 is 1.32 bits per heavy atom. The predicted molar refractivity (Wildman–Crippen MR) is 100 cm³/mol. The van der Waals surface area contributed by atoms with Gasteiger partial charge in [0.25, 0.3) is 0 Å². The van der Waals surface area contributed by atoms with Gasteiger partial charge in [-0.15, -0.1) is 0 Å². The topological polar surface area (TPSA) is 59.4 Å². The second-order valence-corrected chi connectivity index (χ2v) is 7.64. The van der Waals surface area contributed by atoms with Gasteiger partial charge in [-0.3, -0.25) is 14.6 Å². The van der Waals surface area contributed by atoms with Gasteiger partial charge in [-0.05, 0) is 30.5 Å². The van der Waals surface area contributed by atoms with Crippen molar-refractivity contribution in [3.8, 4) is 6.07 Å². The zero-order valence-electron chi connectivity index (χ0n) is 15.3. The van der Waals surface area contributed by atoms with Gasteiger partial charge >= 0.3 is 0 Å². The molecule has 1 atom stereocenters. The van der Waals surface area contributed by atoms with E-state index in [2.05, 4.69) is 27.3 Å². The van der Waals surface area contributed by atoms with Gasteiger partial charge in [0.2, 0.25) is 5.91 Å². The Morgan fingerprint density at radius 3 is 2.52 bits per heavy atom. The molecule has 6 heteroatoms. The van der Waals surface area contributed by atoms with Gasteiger partial charge in [0.15, 0.2) is 0 Å². The third-order valence-corrected chi connectivity index (χ3v) is 5.15. The van der Waals surface area contributed by atoms with Gasteiger partial charge in [0.05, 0.1) is 12.6 Å². The maximum absolute atomic E-state index is 12.3. The average Bonchev–Trinajstić information content (AvgIpc) is 2.56. The zero-order chi connectivity index (χ0) is 18.4. The van der Waals surface area contributed by atoms with Gasteiger partial charge in [0.1, 0.15) is 5.54 Å². The maximum atomic E-state index is 12.3. The standard InChI is InChI=1S/C19H27ClN4O/c1-15(2)19(3,14-21)22-18(25)13-24-9-7-23(8-10-24)12-16-5-4-6-17(20)11-16/h4-6,11,15H,7-10,12-13H2,1-3H3,(H,22,25). The minimum absolute atomic E-state index is 0.0657. The zero-order valence-corrected chi connectivity index (χ0v) is 16.0. The predicted octanol–water partition coefficient (Wildman–Crippen LogP) is 2.51. The Morgan fingerprint density at radius 2 is 1.96 bits per heavy atom. The third kappa shape index (κ3) is 5.71. The minimum atomic E-state index is -0.814. The van der Waals surface area contributed by atoms with Gasteiger partial charge in [-0.2, -0.15) is 5.26 Å². The van der Waals surface area contributed by atoms with E-state index in [-0.39, 0.29) is 11.8 Å². The largest absolute Gasteiger partial charge is 0.337 e. The highest BCUT2D eigenvalue weighted by atomic mass is 35.5. The highest BCUT2D eigenvalue weighted by molar-refractivity contribution is 6.30. The van der Waals surface area contributed by atoms with E-state index in [1.54, 1.807) is 6.92 Å². The number of hydrogen-bond acceptors (Lipinski definition) is 4. The number of benzene rings is 1. The molecule has 1 N–H and O–H groups in total. The summed E-state index contributed by atoms with van der Waals surface area (Å²) in [6.07, 6.45) is 0. The van der Waals surface area contributed by atoms with Crippen molar-refractivity contribution in [2.45, 2.75) is 32.9 Å². The molecule has 1 fully saturated rings. The van der Waals surface area contributed by atoms with Crippen molar-refractivity contribution in [1.29, 1.82) is 5.26 Å². The number of rotatable bonds is 6. The first-order valence-electron chi connectivity index (χ1n) is 8.74. The van der Waals surface area contributed by atoms with Crippen LogP contribution in [0.1, 0.15) is 26.3 Å². The van der Waals surface area contributed by atoms with Crippen molar-refractivity contribution >= 4 is 17.5 Å². The highest BCUT2D eigenvalue weighted by Crippen LogP contribution is 2.16. The Kier molecular flexibility index (Phi) is 6.83. The molecule has 0 saturated carbocycles. The molecular formula is C19H27ClN4O. The van der Waals surface area contributed by atoms with Crippen LogP contribution >= 0.6 is 11.6 Å². The molecule has 1 aromatic rings. The Hall–Kier alpha value is -1.61. The molecule has 1 unspecified atom stereocenters. The first-order chi connectivity index (χ1) is 11.8. The van der Waals surface area contributed by atoms with E-state index < -0.39 is 5.54 Å². The van der Waals surface area contributed by atoms with Crippen LogP contribution in [0, 0.1) is 17.2 Å². The Bertz CT molecular complexity index is 635. The lowest BCUT2D eigenvalue weighted by molar-refractivity contribution is -0.124. The lowest BCUT2D eigenvalue weighted by atomic mass is 9.90. The Balaban J connectivity index is 1.78. The summed E-state index contributed by atoms with van der Waals surface area (Å²) in [5.41, 5.74) is 0.395. The van der Waals surface area contributed by atoms with Crippen LogP contribution in [0.25, 0.3) is 0 Å². The van der Waals surface area contributed by atoms with Gasteiger partial charge in [0, 0.05) is 37.7 Å². The monoisotopic (exact) mass is 362 g/mol. The number of halogens is 1. The SMILES string of the molecule is CC(C)C(C)(C#N)NC(=O)CN1CCN(Cc2cccc(Cl)c2)CC1. The summed E-state index contributed by atoms with van der Waals surface area (Å²) >= 11 is 6.04. The second kappa shape index (κ2) is 8.66. The summed E-state index contributed by atoms with van der Waals surface area (Å²) in [5, 5.41) is 13.0. The number of nitriles is 1. The van der Waals surface area contributed by atoms with Crippen LogP contribution in [0.5, 0.6) is 0 Å². The number of carbonyl (C=O) groups excluding carboxylic acids is 1. The number of nitrogens with one attached hydrogen (secondary N) is 1. The Labute approximate surface area is 155 Å². The van der Waals surface area contributed by atoms with Crippen LogP contribution in [0.15, 0.2) is 24.3 Å². The molecule has 2 rings (SSSR count). The van der Waals surface area contributed by atoms with Crippen molar-refractivity contribution < 1.29 is 4.79 Å². The summed E-state index contributed by atoms with van der Waals surface area (Å²) < 4.78 is 0. The molecule has 1 amide bonds. The van der Waals surface area contributed by atoms with Crippen molar-refractivity contribution in [3.63, 3.8) is 0 Å². The summed E-state index contributed by atoms with van der Waals surface area (Å²) in [6, 6.07) is 10.1. The highest BCUT2D eigenvalue weighted by Gasteiger charge is 2.30. The van der Waals surface area contributed by atoms with E-state index in [4.69, 9.17) is 11.6 Å². The second-order valence-electron chi connectivity index (χ2n) is 7.20. The van der Waals surface area contributed by atoms with E-state index in [1.807, 2.05) is 32.0 Å². The number of amides is 1. The smallest absolute Gasteiger partial charge is 0.235 e. The maximum Gasteiger partial charge on any atom is 0.235 e. The van der Waals surface area contributed by atoms with Crippen LogP contribution in [-0.4, -0.2) is 54.0 Å². The summed E-state index contributed by atoms with van der Waals surface area (Å²) in [4.78, 5) is 16.8. The molecule has 1 aliphatic rings. The number of hydrogen-bond donors (Lipinski definition) is 1. The quantitative estimate of drug-likeness (QED) is 0.844. The van der Waals surface area contributed by atoms with Crippen molar-refractivity contribution in [2.24, 2.45) is 5.92 Å². The summed E-state index contributed by atoms with van der Waals surface area (Å²) in [6.45, 7) is 10.4. The van der Waals surface area contributed by atoms with E-state index >= 15 is 0 Å². The first kappa shape index (κ1) is 19.7. The average molecular weight is 363 g/mol. The fraction of sp³-hybridized carbons (Fsp3) is 0.579. The van der Waals surface area contributed by atoms with E-state index in [0.717, 1.165) is 37.7 Å². The molecule has 1 aliphatic heterocycles. The fourth-order valence-corrected chi connectivity index (χ4v) is 3.05. The molecule has 0 bridgehead atoms. The minimum Gasteiger partial charge on any atom is -0.337 e. The van der Waals surface area contributed by atoms with Crippen LogP contribution in [-0.2, 0) is 11.3 Å². The van der Waals surface area contributed by atoms with E-state index in [9.17, 15) is 10.1 Å². The first-order valence-corrected chi connectivity index (χ1v) is 9.11. The number of piperazine rings is 1. The van der Waals surface area contributed by atoms with Crippen LogP contribution < -0.4 is 5.32 Å². The summed E-state index contributed by atoms with van der Waals surface area (Å²) in [5.74, 6) is -0.0166. The number of carbonyl (C=O) groups is 1. The van der Waals surface area contributed by atoms with Crippen molar-refractivity contribution in [2.75, 3.05) is 32.7 Å². The molecule has 136 valence electrons. The van der Waals surface area contributed by atoms with Crippen molar-refractivity contribution in [1.82, 2.24) is 15.1 Å². The molecule has 5 nitrogen and oxygen atoms in total. The third-order valence-electron chi connectivity index (χ3n) is 4.91. The van der Waals surface area contributed by atoms with Crippen LogP contribution in [0.4, 0.5) is 0 Å². The molecule has 0 spiro atoms. The number of nitrogens with zero attached hydrogens (tertiary/aromatic N) is 3. The molecule has 1 saturated heterocycles. The lowest BCUT2D eigenvalue weighted by Gasteiger charge is -2.35. The van der Waals surface area contributed by atoms with Gasteiger partial charge in [-0.1, -0.05) is 37.6 Å². The van der Waals surface area contributed by atoms with Gasteiger partial charge in [-0.25, -0.2) is 0 Å². The molecule has 0 aromatic heterocycles. The molecule has 25 heavy (non-hydrogen) atoms. The molecule has 1 aromatic carbocycles. The van der Waals surface area contributed by atoms with E-state index in [0.29, 0.717) is 6.54 Å². The van der Waals surface area contributed by atoms with E-state index in [1.165, 1.54) is 5.56 Å². The normalized spacial score (nSPS) is 18.6.